The predicted molar refractivity (Wildman–Crippen MR) is 140 cm³/mol. The largest absolute Gasteiger partial charge is 0.444 e. The van der Waals surface area contributed by atoms with Crippen LogP contribution in [0, 0.1) is 0 Å². The minimum atomic E-state index is -0.737. The summed E-state index contributed by atoms with van der Waals surface area (Å²) >= 11 is 0. The van der Waals surface area contributed by atoms with Crippen molar-refractivity contribution in [1.82, 2.24) is 25.1 Å². The van der Waals surface area contributed by atoms with Crippen LogP contribution in [0.15, 0.2) is 55.0 Å². The number of nitrogens with zero attached hydrogens (tertiary/aromatic N) is 3. The number of ether oxygens (including phenoxy) is 1. The number of carbonyl (C=O) groups is 2. The minimum Gasteiger partial charge on any atom is -0.444 e. The van der Waals surface area contributed by atoms with E-state index in [2.05, 4.69) is 32.7 Å². The number of fused-ring (bicyclic) bond motifs is 1. The molecule has 4 rings (SSSR count). The van der Waals surface area contributed by atoms with Gasteiger partial charge >= 0.3 is 6.09 Å². The van der Waals surface area contributed by atoms with Gasteiger partial charge in [-0.05, 0) is 56.9 Å². The van der Waals surface area contributed by atoms with Gasteiger partial charge in [-0.1, -0.05) is 24.3 Å². The van der Waals surface area contributed by atoms with E-state index in [9.17, 15) is 9.59 Å². The van der Waals surface area contributed by atoms with E-state index in [-0.39, 0.29) is 11.9 Å². The topological polar surface area (TPSA) is 88.5 Å². The summed E-state index contributed by atoms with van der Waals surface area (Å²) in [6.07, 6.45) is 7.22. The maximum absolute atomic E-state index is 13.4. The zero-order valence-corrected chi connectivity index (χ0v) is 21.7. The predicted octanol–water partition coefficient (Wildman–Crippen LogP) is 3.79. The van der Waals surface area contributed by atoms with Gasteiger partial charge in [-0.15, -0.1) is 0 Å². The van der Waals surface area contributed by atoms with Crippen molar-refractivity contribution in [2.75, 3.05) is 13.1 Å². The number of pyridine rings is 1. The number of piperidine rings is 1. The Morgan fingerprint density at radius 1 is 1.14 bits per heavy atom. The van der Waals surface area contributed by atoms with Crippen LogP contribution in [0.1, 0.15) is 44.7 Å². The van der Waals surface area contributed by atoms with Crippen molar-refractivity contribution >= 4 is 22.9 Å². The first-order valence-electron chi connectivity index (χ1n) is 12.6. The molecule has 1 unspecified atom stereocenters. The molecule has 0 bridgehead atoms. The van der Waals surface area contributed by atoms with Crippen LogP contribution in [0.4, 0.5) is 4.79 Å². The Hall–Kier alpha value is -3.39. The number of alkyl carbamates (subject to hydrolysis) is 1. The van der Waals surface area contributed by atoms with Gasteiger partial charge in [0.15, 0.2) is 0 Å². The van der Waals surface area contributed by atoms with Gasteiger partial charge in [0.05, 0.1) is 0 Å². The zero-order chi connectivity index (χ0) is 25.7. The Kier molecular flexibility index (Phi) is 7.94. The van der Waals surface area contributed by atoms with Crippen molar-refractivity contribution in [3.63, 3.8) is 0 Å². The molecule has 1 aliphatic heterocycles. The second-order valence-electron chi connectivity index (χ2n) is 10.6. The van der Waals surface area contributed by atoms with Crippen molar-refractivity contribution in [2.45, 2.75) is 64.3 Å². The van der Waals surface area contributed by atoms with Gasteiger partial charge in [-0.25, -0.2) is 4.79 Å². The third kappa shape index (κ3) is 6.85. The standard InChI is InChI=1S/C28H37N5O3/c1-28(2,3)36-27(35)31-24(16-21-19-32(4)25-10-6-5-9-23(21)25)26(34)30-22-11-14-33(15-12-22)18-20-8-7-13-29-17-20/h5-10,13,17,19,22,24H,11-12,14-16,18H2,1-4H3,(H,30,34)(H,31,35). The van der Waals surface area contributed by atoms with Crippen molar-refractivity contribution < 1.29 is 14.3 Å². The summed E-state index contributed by atoms with van der Waals surface area (Å²) in [6, 6.07) is 11.4. The van der Waals surface area contributed by atoms with Crippen LogP contribution in [0.2, 0.25) is 0 Å². The number of hydrogen-bond acceptors (Lipinski definition) is 5. The monoisotopic (exact) mass is 491 g/mol. The summed E-state index contributed by atoms with van der Waals surface area (Å²) in [4.78, 5) is 32.6. The summed E-state index contributed by atoms with van der Waals surface area (Å²) < 4.78 is 7.51. The summed E-state index contributed by atoms with van der Waals surface area (Å²) in [5.41, 5.74) is 2.64. The number of likely N-dealkylation sites (tertiary alicyclic amines) is 1. The van der Waals surface area contributed by atoms with Crippen LogP contribution in [0.25, 0.3) is 10.9 Å². The molecular weight excluding hydrogens is 454 g/mol. The van der Waals surface area contributed by atoms with Gasteiger partial charge < -0.3 is 19.9 Å². The highest BCUT2D eigenvalue weighted by molar-refractivity contribution is 5.88. The second kappa shape index (κ2) is 11.1. The first-order valence-corrected chi connectivity index (χ1v) is 12.6. The van der Waals surface area contributed by atoms with E-state index in [0.29, 0.717) is 6.42 Å². The van der Waals surface area contributed by atoms with Crippen LogP contribution >= 0.6 is 0 Å². The van der Waals surface area contributed by atoms with E-state index in [0.717, 1.165) is 48.9 Å². The molecule has 0 saturated carbocycles. The average molecular weight is 492 g/mol. The maximum atomic E-state index is 13.4. The van der Waals surface area contributed by atoms with Gasteiger partial charge in [0, 0.05) is 68.6 Å². The number of hydrogen-bond donors (Lipinski definition) is 2. The molecular formula is C28H37N5O3. The van der Waals surface area contributed by atoms with Crippen molar-refractivity contribution in [1.29, 1.82) is 0 Å². The van der Waals surface area contributed by atoms with Crippen molar-refractivity contribution in [2.24, 2.45) is 7.05 Å². The highest BCUT2D eigenvalue weighted by Crippen LogP contribution is 2.22. The van der Waals surface area contributed by atoms with Crippen LogP contribution in [0.5, 0.6) is 0 Å². The molecule has 1 aliphatic rings. The lowest BCUT2D eigenvalue weighted by Gasteiger charge is -2.33. The third-order valence-corrected chi connectivity index (χ3v) is 6.47. The van der Waals surface area contributed by atoms with Crippen LogP contribution < -0.4 is 10.6 Å². The molecule has 2 N–H and O–H groups in total. The highest BCUT2D eigenvalue weighted by atomic mass is 16.6. The fourth-order valence-electron chi connectivity index (χ4n) is 4.75. The van der Waals surface area contributed by atoms with Gasteiger partial charge in [-0.3, -0.25) is 14.7 Å². The van der Waals surface area contributed by atoms with Crippen molar-refractivity contribution in [3.05, 3.63) is 66.1 Å². The number of carbonyl (C=O) groups excluding carboxylic acids is 2. The van der Waals surface area contributed by atoms with E-state index in [1.165, 1.54) is 5.56 Å². The lowest BCUT2D eigenvalue weighted by atomic mass is 10.0. The Labute approximate surface area is 213 Å². The zero-order valence-electron chi connectivity index (χ0n) is 21.7. The first kappa shape index (κ1) is 25.7. The normalized spacial score (nSPS) is 16.0. The summed E-state index contributed by atoms with van der Waals surface area (Å²) in [5, 5.41) is 7.10. The van der Waals surface area contributed by atoms with Gasteiger partial charge in [0.1, 0.15) is 11.6 Å². The number of aryl methyl sites for hydroxylation is 1. The molecule has 8 nitrogen and oxygen atoms in total. The molecule has 0 aliphatic carbocycles. The van der Waals surface area contributed by atoms with E-state index < -0.39 is 17.7 Å². The number of benzene rings is 1. The third-order valence-electron chi connectivity index (χ3n) is 6.47. The molecule has 2 aromatic heterocycles. The summed E-state index contributed by atoms with van der Waals surface area (Å²) in [5.74, 6) is -0.181. The Balaban J connectivity index is 1.41. The van der Waals surface area contributed by atoms with Gasteiger partial charge in [-0.2, -0.15) is 0 Å². The number of aromatic nitrogens is 2. The molecule has 3 aromatic rings. The summed E-state index contributed by atoms with van der Waals surface area (Å²) in [7, 11) is 1.99. The van der Waals surface area contributed by atoms with E-state index in [1.807, 2.05) is 69.0 Å². The maximum Gasteiger partial charge on any atom is 0.408 e. The average Bonchev–Trinajstić information content (AvgIpc) is 3.15. The molecule has 1 aromatic carbocycles. The first-order chi connectivity index (χ1) is 17.2. The molecule has 8 heteroatoms. The number of nitrogens with one attached hydrogen (secondary N) is 2. The fraction of sp³-hybridized carbons (Fsp3) is 0.464. The highest BCUT2D eigenvalue weighted by Gasteiger charge is 2.28. The SMILES string of the molecule is Cn1cc(CC(NC(=O)OC(C)(C)C)C(=O)NC2CCN(Cc3cccnc3)CC2)c2ccccc21. The molecule has 192 valence electrons. The Bertz CT molecular complexity index is 1180. The molecule has 3 heterocycles. The van der Waals surface area contributed by atoms with Gasteiger partial charge in [0.25, 0.3) is 0 Å². The van der Waals surface area contributed by atoms with E-state index >= 15 is 0 Å². The van der Waals surface area contributed by atoms with Crippen LogP contribution in [0.3, 0.4) is 0 Å². The number of para-hydroxylation sites is 1. The van der Waals surface area contributed by atoms with Crippen LogP contribution in [-0.4, -0.2) is 57.2 Å². The molecule has 0 radical (unpaired) electrons. The molecule has 1 saturated heterocycles. The molecule has 2 amide bonds. The lowest BCUT2D eigenvalue weighted by molar-refractivity contribution is -0.124. The molecule has 0 spiro atoms. The van der Waals surface area contributed by atoms with E-state index in [4.69, 9.17) is 4.74 Å². The Morgan fingerprint density at radius 3 is 2.58 bits per heavy atom. The minimum absolute atomic E-state index is 0.0677. The fourth-order valence-corrected chi connectivity index (χ4v) is 4.75. The molecule has 1 fully saturated rings. The van der Waals surface area contributed by atoms with Crippen molar-refractivity contribution in [3.8, 4) is 0 Å². The Morgan fingerprint density at radius 2 is 1.89 bits per heavy atom. The summed E-state index contributed by atoms with van der Waals surface area (Å²) in [6.45, 7) is 8.09. The van der Waals surface area contributed by atoms with Gasteiger partial charge in [0.2, 0.25) is 5.91 Å². The second-order valence-corrected chi connectivity index (χ2v) is 10.6. The molecule has 1 atom stereocenters. The van der Waals surface area contributed by atoms with E-state index in [1.54, 1.807) is 6.20 Å². The van der Waals surface area contributed by atoms with Crippen LogP contribution in [-0.2, 0) is 29.5 Å². The molecule has 36 heavy (non-hydrogen) atoms. The smallest absolute Gasteiger partial charge is 0.408 e. The lowest BCUT2D eigenvalue weighted by Crippen LogP contribution is -2.53. The quantitative estimate of drug-likeness (QED) is 0.525. The number of rotatable bonds is 7. The number of amides is 2.